The molecule has 0 spiro atoms. The van der Waals surface area contributed by atoms with Crippen LogP contribution in [0.15, 0.2) is 24.3 Å². The minimum Gasteiger partial charge on any atom is -0.465 e. The van der Waals surface area contributed by atoms with Gasteiger partial charge in [-0.1, -0.05) is 141 Å². The van der Waals surface area contributed by atoms with Crippen molar-refractivity contribution < 1.29 is 42.8 Å². The first-order chi connectivity index (χ1) is 28.4. The molecule has 2 unspecified atom stereocenters. The minimum atomic E-state index is -0.674. The van der Waals surface area contributed by atoms with E-state index in [0.717, 1.165) is 77.2 Å². The molecule has 1 saturated heterocycles. The fourth-order valence-electron chi connectivity index (χ4n) is 6.65. The molecule has 1 rings (SSSR count). The van der Waals surface area contributed by atoms with Crippen molar-refractivity contribution in [3.63, 3.8) is 0 Å². The van der Waals surface area contributed by atoms with Crippen LogP contribution in [-0.4, -0.2) is 95.0 Å². The molecule has 2 atom stereocenters. The fourth-order valence-corrected chi connectivity index (χ4v) is 6.65. The number of nitrogens with zero attached hydrogens (tertiary/aromatic N) is 1. The van der Waals surface area contributed by atoms with Crippen molar-refractivity contribution in [2.24, 2.45) is 5.92 Å². The van der Waals surface area contributed by atoms with Crippen molar-refractivity contribution in [1.29, 1.82) is 0 Å². The predicted octanol–water partition coefficient (Wildman–Crippen LogP) is 11.2. The Morgan fingerprint density at radius 3 is 1.67 bits per heavy atom. The second-order valence-electron chi connectivity index (χ2n) is 16.2. The molecule has 0 aromatic heterocycles. The Kier molecular flexibility index (Phi) is 37.2. The normalized spacial score (nSPS) is 15.4. The monoisotopic (exact) mass is 822 g/mol. The molecule has 0 saturated carbocycles. The first-order valence-electron chi connectivity index (χ1n) is 23.7. The van der Waals surface area contributed by atoms with Crippen molar-refractivity contribution in [1.82, 2.24) is 4.90 Å². The van der Waals surface area contributed by atoms with Crippen molar-refractivity contribution in [3.05, 3.63) is 24.3 Å². The summed E-state index contributed by atoms with van der Waals surface area (Å²) >= 11 is 0. The van der Waals surface area contributed by atoms with Crippen LogP contribution in [0.4, 0.5) is 0 Å². The lowest BCUT2D eigenvalue weighted by atomic mass is 10.1. The van der Waals surface area contributed by atoms with Gasteiger partial charge in [-0.25, -0.2) is 4.79 Å². The fraction of sp³-hybridized carbons (Fsp3) is 0.854. The highest BCUT2D eigenvalue weighted by atomic mass is 16.7. The largest absolute Gasteiger partial charge is 0.465 e. The molecule has 1 aliphatic heterocycles. The molecule has 0 bridgehead atoms. The van der Waals surface area contributed by atoms with E-state index < -0.39 is 24.3 Å². The summed E-state index contributed by atoms with van der Waals surface area (Å²) in [6, 6.07) is 0. The highest BCUT2D eigenvalue weighted by Crippen LogP contribution is 2.14. The van der Waals surface area contributed by atoms with Gasteiger partial charge >= 0.3 is 17.9 Å². The van der Waals surface area contributed by atoms with E-state index in [1.807, 2.05) is 11.9 Å². The van der Waals surface area contributed by atoms with E-state index in [9.17, 15) is 14.4 Å². The lowest BCUT2D eigenvalue weighted by molar-refractivity contribution is -0.167. The SMILES string of the molecule is CCCCC/C=C\C/C=C\CCCCCCCC(=O)OCC(COC(=O)CCC(OCCCCCCCC)OCCCCCCCC)COC(=O)C1CN(C)CCO1. The zero-order valence-corrected chi connectivity index (χ0v) is 37.7. The molecule has 1 aliphatic rings. The van der Waals surface area contributed by atoms with Gasteiger partial charge < -0.3 is 33.3 Å². The molecule has 338 valence electrons. The third-order valence-corrected chi connectivity index (χ3v) is 10.5. The highest BCUT2D eigenvalue weighted by Gasteiger charge is 2.27. The van der Waals surface area contributed by atoms with Crippen LogP contribution in [0, 0.1) is 5.92 Å². The lowest BCUT2D eigenvalue weighted by Crippen LogP contribution is -2.45. The Balaban J connectivity index is 2.51. The second kappa shape index (κ2) is 40.2. The number of hydrogen-bond acceptors (Lipinski definition) is 10. The van der Waals surface area contributed by atoms with Crippen molar-refractivity contribution in [2.75, 3.05) is 59.8 Å². The Hall–Kier alpha value is -2.27. The Bertz CT molecular complexity index is 1020. The van der Waals surface area contributed by atoms with Crippen LogP contribution in [0.1, 0.15) is 188 Å². The molecule has 0 N–H and O–H groups in total. The van der Waals surface area contributed by atoms with E-state index in [4.69, 9.17) is 28.4 Å². The molecule has 10 heteroatoms. The summed E-state index contributed by atoms with van der Waals surface area (Å²) in [6.45, 7) is 9.46. The predicted molar refractivity (Wildman–Crippen MR) is 235 cm³/mol. The van der Waals surface area contributed by atoms with Crippen LogP contribution in [0.2, 0.25) is 0 Å². The number of carbonyl (C=O) groups is 3. The number of esters is 3. The van der Waals surface area contributed by atoms with Gasteiger partial charge in [-0.2, -0.15) is 0 Å². The maximum Gasteiger partial charge on any atom is 0.336 e. The number of ether oxygens (including phenoxy) is 6. The highest BCUT2D eigenvalue weighted by molar-refractivity contribution is 5.75. The second-order valence-corrected chi connectivity index (χ2v) is 16.2. The summed E-state index contributed by atoms with van der Waals surface area (Å²) in [5, 5.41) is 0. The third-order valence-electron chi connectivity index (χ3n) is 10.5. The molecule has 0 amide bonds. The van der Waals surface area contributed by atoms with Crippen LogP contribution < -0.4 is 0 Å². The van der Waals surface area contributed by atoms with Gasteiger partial charge in [-0.3, -0.25) is 9.59 Å². The Morgan fingerprint density at radius 1 is 0.603 bits per heavy atom. The number of carbonyl (C=O) groups excluding carboxylic acids is 3. The van der Waals surface area contributed by atoms with Gasteiger partial charge in [-0.05, 0) is 58.4 Å². The molecular formula is C48H87NO9. The Morgan fingerprint density at radius 2 is 1.09 bits per heavy atom. The zero-order valence-electron chi connectivity index (χ0n) is 37.7. The molecule has 0 aromatic carbocycles. The van der Waals surface area contributed by atoms with Crippen LogP contribution >= 0.6 is 0 Å². The van der Waals surface area contributed by atoms with E-state index in [2.05, 4.69) is 45.1 Å². The minimum absolute atomic E-state index is 0.00353. The smallest absolute Gasteiger partial charge is 0.336 e. The summed E-state index contributed by atoms with van der Waals surface area (Å²) in [4.78, 5) is 40.4. The molecule has 0 aliphatic carbocycles. The van der Waals surface area contributed by atoms with Gasteiger partial charge in [0.15, 0.2) is 12.4 Å². The number of rotatable bonds is 40. The summed E-state index contributed by atoms with van der Waals surface area (Å²) in [5.74, 6) is -1.64. The van der Waals surface area contributed by atoms with E-state index >= 15 is 0 Å². The lowest BCUT2D eigenvalue weighted by Gasteiger charge is -2.29. The zero-order chi connectivity index (χ0) is 42.2. The standard InChI is InChI=1S/C48H87NO9/c1-5-8-11-14-17-18-19-20-21-22-23-24-25-26-29-32-45(50)56-40-43(42-58-48(52)44-39-49(4)35-38-53-44)41-57-46(51)33-34-47(54-36-30-27-15-12-9-6-2)55-37-31-28-16-13-10-7-3/h17-18,20-21,43-44,47H,5-16,19,22-42H2,1-4H3/b18-17-,21-20-. The summed E-state index contributed by atoms with van der Waals surface area (Å²) in [6.07, 6.45) is 35.2. The molecule has 58 heavy (non-hydrogen) atoms. The van der Waals surface area contributed by atoms with Crippen LogP contribution in [-0.2, 0) is 42.8 Å². The first-order valence-corrected chi connectivity index (χ1v) is 23.7. The number of likely N-dealkylation sites (N-methyl/N-ethyl adjacent to an activating group) is 1. The molecule has 0 radical (unpaired) electrons. The molecule has 0 aromatic rings. The van der Waals surface area contributed by atoms with Gasteiger partial charge in [0.2, 0.25) is 0 Å². The average molecular weight is 822 g/mol. The average Bonchev–Trinajstić information content (AvgIpc) is 3.22. The number of unbranched alkanes of at least 4 members (excludes halogenated alkanes) is 18. The van der Waals surface area contributed by atoms with Gasteiger partial charge in [0.05, 0.1) is 18.9 Å². The molecule has 1 heterocycles. The van der Waals surface area contributed by atoms with E-state index in [1.54, 1.807) is 0 Å². The number of hydrogen-bond donors (Lipinski definition) is 0. The van der Waals surface area contributed by atoms with Crippen molar-refractivity contribution >= 4 is 17.9 Å². The van der Waals surface area contributed by atoms with Crippen molar-refractivity contribution in [2.45, 2.75) is 200 Å². The maximum atomic E-state index is 13.0. The quantitative estimate of drug-likeness (QED) is 0.0195. The van der Waals surface area contributed by atoms with Crippen LogP contribution in [0.25, 0.3) is 0 Å². The maximum absolute atomic E-state index is 13.0. The van der Waals surface area contributed by atoms with E-state index in [0.29, 0.717) is 39.2 Å². The van der Waals surface area contributed by atoms with Crippen LogP contribution in [0.3, 0.4) is 0 Å². The van der Waals surface area contributed by atoms with Gasteiger partial charge in [-0.15, -0.1) is 0 Å². The van der Waals surface area contributed by atoms with Gasteiger partial charge in [0, 0.05) is 39.1 Å². The first kappa shape index (κ1) is 53.7. The molecule has 1 fully saturated rings. The third kappa shape index (κ3) is 33.5. The summed E-state index contributed by atoms with van der Waals surface area (Å²) < 4.78 is 34.6. The van der Waals surface area contributed by atoms with Crippen LogP contribution in [0.5, 0.6) is 0 Å². The van der Waals surface area contributed by atoms with Gasteiger partial charge in [0.1, 0.15) is 19.8 Å². The number of allylic oxidation sites excluding steroid dienone is 4. The number of morpholine rings is 1. The molecule has 10 nitrogen and oxygen atoms in total. The summed E-state index contributed by atoms with van der Waals surface area (Å²) in [7, 11) is 1.93. The van der Waals surface area contributed by atoms with Crippen molar-refractivity contribution in [3.8, 4) is 0 Å². The van der Waals surface area contributed by atoms with Gasteiger partial charge in [0.25, 0.3) is 0 Å². The van der Waals surface area contributed by atoms with E-state index in [1.165, 1.54) is 77.0 Å². The Labute approximate surface area is 354 Å². The summed E-state index contributed by atoms with van der Waals surface area (Å²) in [5.41, 5.74) is 0. The topological polar surface area (TPSA) is 110 Å². The molecular weight excluding hydrogens is 735 g/mol. The van der Waals surface area contributed by atoms with E-state index in [-0.39, 0.29) is 38.2 Å².